The van der Waals surface area contributed by atoms with Gasteiger partial charge in [-0.25, -0.2) is 9.37 Å². The summed E-state index contributed by atoms with van der Waals surface area (Å²) >= 11 is 2.82. The molecular weight excluding hydrogens is 403 g/mol. The van der Waals surface area contributed by atoms with Crippen molar-refractivity contribution < 1.29 is 4.39 Å². The van der Waals surface area contributed by atoms with Crippen molar-refractivity contribution in [3.63, 3.8) is 0 Å². The molecule has 6 heteroatoms. The third kappa shape index (κ3) is 3.91. The molecular formula is C23H19FN2OS2. The van der Waals surface area contributed by atoms with Crippen LogP contribution in [0.2, 0.25) is 0 Å². The fourth-order valence-corrected chi connectivity index (χ4v) is 5.09. The second kappa shape index (κ2) is 8.35. The van der Waals surface area contributed by atoms with Crippen LogP contribution in [0.15, 0.2) is 76.5 Å². The van der Waals surface area contributed by atoms with E-state index in [-0.39, 0.29) is 11.4 Å². The zero-order chi connectivity index (χ0) is 20.4. The Morgan fingerprint density at radius 1 is 1.21 bits per heavy atom. The van der Waals surface area contributed by atoms with Gasteiger partial charge in [-0.1, -0.05) is 65.9 Å². The molecule has 0 aliphatic heterocycles. The Morgan fingerprint density at radius 2 is 1.97 bits per heavy atom. The number of thiophene rings is 1. The van der Waals surface area contributed by atoms with E-state index in [0.717, 1.165) is 11.1 Å². The molecule has 29 heavy (non-hydrogen) atoms. The van der Waals surface area contributed by atoms with Crippen molar-refractivity contribution >= 4 is 33.3 Å². The Hall–Kier alpha value is -2.70. The highest BCUT2D eigenvalue weighted by atomic mass is 32.2. The first-order valence-corrected chi connectivity index (χ1v) is 11.0. The quantitative estimate of drug-likeness (QED) is 0.215. The van der Waals surface area contributed by atoms with Crippen LogP contribution in [0, 0.1) is 12.7 Å². The van der Waals surface area contributed by atoms with E-state index in [1.807, 2.05) is 36.6 Å². The Balaban J connectivity index is 1.79. The van der Waals surface area contributed by atoms with Gasteiger partial charge in [0.1, 0.15) is 10.6 Å². The molecule has 0 saturated carbocycles. The molecule has 3 nitrogen and oxygen atoms in total. The lowest BCUT2D eigenvalue weighted by Gasteiger charge is -2.11. The smallest absolute Gasteiger partial charge is 0.263 e. The Bertz CT molecular complexity index is 1240. The summed E-state index contributed by atoms with van der Waals surface area (Å²) in [6, 6.07) is 14.8. The van der Waals surface area contributed by atoms with E-state index >= 15 is 0 Å². The molecule has 0 unspecified atom stereocenters. The first-order chi connectivity index (χ1) is 14.1. The van der Waals surface area contributed by atoms with Gasteiger partial charge in [0.15, 0.2) is 5.16 Å². The molecule has 0 radical (unpaired) electrons. The zero-order valence-corrected chi connectivity index (χ0v) is 17.5. The lowest BCUT2D eigenvalue weighted by Crippen LogP contribution is -2.22. The van der Waals surface area contributed by atoms with Gasteiger partial charge in [0.25, 0.3) is 5.56 Å². The minimum atomic E-state index is -0.253. The Morgan fingerprint density at radius 3 is 2.69 bits per heavy atom. The van der Waals surface area contributed by atoms with Crippen LogP contribution in [0.3, 0.4) is 0 Å². The summed E-state index contributed by atoms with van der Waals surface area (Å²) in [5.41, 5.74) is 3.55. The van der Waals surface area contributed by atoms with Crippen molar-refractivity contribution in [3.8, 4) is 11.1 Å². The monoisotopic (exact) mass is 422 g/mol. The number of aryl methyl sites for hydroxylation is 1. The maximum atomic E-state index is 14.0. The van der Waals surface area contributed by atoms with Gasteiger partial charge in [-0.2, -0.15) is 0 Å². The van der Waals surface area contributed by atoms with E-state index in [2.05, 4.69) is 6.58 Å². The van der Waals surface area contributed by atoms with Gasteiger partial charge < -0.3 is 0 Å². The largest absolute Gasteiger partial charge is 0.283 e. The van der Waals surface area contributed by atoms with Crippen molar-refractivity contribution in [2.75, 3.05) is 0 Å². The molecule has 0 saturated heterocycles. The second-order valence-electron chi connectivity index (χ2n) is 6.67. The van der Waals surface area contributed by atoms with Crippen LogP contribution in [0.1, 0.15) is 11.1 Å². The number of aromatic nitrogens is 2. The van der Waals surface area contributed by atoms with Crippen LogP contribution in [0.4, 0.5) is 4.39 Å². The summed E-state index contributed by atoms with van der Waals surface area (Å²) in [6.07, 6.45) is 1.68. The minimum absolute atomic E-state index is 0.0947. The van der Waals surface area contributed by atoms with Crippen LogP contribution < -0.4 is 5.56 Å². The molecule has 4 rings (SSSR count). The molecule has 0 amide bonds. The summed E-state index contributed by atoms with van der Waals surface area (Å²) in [7, 11) is 0. The van der Waals surface area contributed by atoms with Crippen LogP contribution in [-0.2, 0) is 12.3 Å². The zero-order valence-electron chi connectivity index (χ0n) is 15.9. The van der Waals surface area contributed by atoms with Gasteiger partial charge in [-0.3, -0.25) is 9.36 Å². The van der Waals surface area contributed by atoms with Gasteiger partial charge in [-0.15, -0.1) is 17.9 Å². The third-order valence-electron chi connectivity index (χ3n) is 4.65. The number of rotatable bonds is 6. The topological polar surface area (TPSA) is 34.9 Å². The van der Waals surface area contributed by atoms with E-state index in [0.29, 0.717) is 33.2 Å². The Kier molecular flexibility index (Phi) is 5.65. The molecule has 2 heterocycles. The highest BCUT2D eigenvalue weighted by Crippen LogP contribution is 2.33. The van der Waals surface area contributed by atoms with Gasteiger partial charge in [-0.05, 0) is 24.1 Å². The number of nitrogens with zero attached hydrogens (tertiary/aromatic N) is 2. The van der Waals surface area contributed by atoms with E-state index in [9.17, 15) is 9.18 Å². The number of benzene rings is 2. The first-order valence-electron chi connectivity index (χ1n) is 9.14. The highest BCUT2D eigenvalue weighted by Gasteiger charge is 2.17. The van der Waals surface area contributed by atoms with E-state index in [1.165, 1.54) is 34.7 Å². The molecule has 4 aromatic rings. The fourth-order valence-electron chi connectivity index (χ4n) is 3.11. The number of thioether (sulfide) groups is 1. The molecule has 0 N–H and O–H groups in total. The highest BCUT2D eigenvalue weighted by molar-refractivity contribution is 7.98. The minimum Gasteiger partial charge on any atom is -0.283 e. The summed E-state index contributed by atoms with van der Waals surface area (Å²) in [5.74, 6) is 0.147. The molecule has 2 aromatic heterocycles. The number of fused-ring (bicyclic) bond motifs is 1. The van der Waals surface area contributed by atoms with Crippen molar-refractivity contribution in [3.05, 3.63) is 93.9 Å². The number of hydrogen-bond donors (Lipinski definition) is 0. The van der Waals surface area contributed by atoms with Gasteiger partial charge >= 0.3 is 0 Å². The van der Waals surface area contributed by atoms with Crippen molar-refractivity contribution in [1.29, 1.82) is 0 Å². The van der Waals surface area contributed by atoms with Crippen LogP contribution in [0.25, 0.3) is 21.3 Å². The van der Waals surface area contributed by atoms with Crippen molar-refractivity contribution in [1.82, 2.24) is 9.55 Å². The van der Waals surface area contributed by atoms with Gasteiger partial charge in [0.05, 0.1) is 5.39 Å². The summed E-state index contributed by atoms with van der Waals surface area (Å²) in [5, 5.41) is 3.17. The average molecular weight is 423 g/mol. The Labute approximate surface area is 176 Å². The third-order valence-corrected chi connectivity index (χ3v) is 6.55. The van der Waals surface area contributed by atoms with Crippen molar-refractivity contribution in [2.45, 2.75) is 24.4 Å². The normalized spacial score (nSPS) is 11.1. The van der Waals surface area contributed by atoms with Gasteiger partial charge in [0, 0.05) is 23.2 Å². The molecule has 0 atom stereocenters. The van der Waals surface area contributed by atoms with Crippen LogP contribution in [-0.4, -0.2) is 9.55 Å². The molecule has 0 spiro atoms. The lowest BCUT2D eigenvalue weighted by atomic mass is 10.1. The molecule has 0 aliphatic carbocycles. The molecule has 2 aromatic carbocycles. The van der Waals surface area contributed by atoms with E-state index < -0.39 is 0 Å². The summed E-state index contributed by atoms with van der Waals surface area (Å²) in [4.78, 5) is 18.8. The number of hydrogen-bond acceptors (Lipinski definition) is 4. The number of halogens is 1. The standard InChI is InChI=1S/C23H19FN2OS2/c1-3-12-26-22(27)20-18(16-10-8-15(2)9-11-16)14-28-21(20)25-23(26)29-13-17-6-4-5-7-19(17)24/h3-11,14H,1,12-13H2,2H3. The van der Waals surface area contributed by atoms with Crippen LogP contribution >= 0.6 is 23.1 Å². The average Bonchev–Trinajstić information content (AvgIpc) is 3.14. The predicted octanol–water partition coefficient (Wildman–Crippen LogP) is 6.05. The van der Waals surface area contributed by atoms with E-state index in [1.54, 1.807) is 28.8 Å². The fraction of sp³-hybridized carbons (Fsp3) is 0.130. The molecule has 0 aliphatic rings. The van der Waals surface area contributed by atoms with E-state index in [4.69, 9.17) is 4.98 Å². The van der Waals surface area contributed by atoms with Crippen LogP contribution in [0.5, 0.6) is 0 Å². The maximum Gasteiger partial charge on any atom is 0.263 e. The van der Waals surface area contributed by atoms with Crippen molar-refractivity contribution in [2.24, 2.45) is 0 Å². The summed E-state index contributed by atoms with van der Waals surface area (Å²) < 4.78 is 15.6. The lowest BCUT2D eigenvalue weighted by molar-refractivity contribution is 0.617. The first kappa shape index (κ1) is 19.6. The molecule has 0 fully saturated rings. The second-order valence-corrected chi connectivity index (χ2v) is 8.48. The predicted molar refractivity (Wildman–Crippen MR) is 120 cm³/mol. The summed E-state index contributed by atoms with van der Waals surface area (Å²) in [6.45, 7) is 6.16. The van der Waals surface area contributed by atoms with Gasteiger partial charge in [0.2, 0.25) is 0 Å². The number of allylic oxidation sites excluding steroid dienone is 1. The maximum absolute atomic E-state index is 14.0. The molecule has 146 valence electrons. The molecule has 0 bridgehead atoms. The SMILES string of the molecule is C=CCn1c(SCc2ccccc2F)nc2scc(-c3ccc(C)cc3)c2c1=O.